The van der Waals surface area contributed by atoms with E-state index in [1.165, 1.54) is 11.3 Å². The Balaban J connectivity index is 1.53. The quantitative estimate of drug-likeness (QED) is 0.737. The Hall–Kier alpha value is -3.24. The number of hydrogen-bond donors (Lipinski definition) is 1. The van der Waals surface area contributed by atoms with Crippen molar-refractivity contribution in [1.29, 1.82) is 5.26 Å². The van der Waals surface area contributed by atoms with E-state index >= 15 is 0 Å². The molecular formula is C18H14N4O2S. The largest absolute Gasteiger partial charge is 0.484 e. The van der Waals surface area contributed by atoms with E-state index in [2.05, 4.69) is 21.4 Å². The summed E-state index contributed by atoms with van der Waals surface area (Å²) in [4.78, 5) is 20.5. The van der Waals surface area contributed by atoms with Crippen LogP contribution in [-0.2, 0) is 11.2 Å². The Kier molecular flexibility index (Phi) is 5.34. The number of ether oxygens (including phenoxy) is 1. The summed E-state index contributed by atoms with van der Waals surface area (Å²) in [6, 6.07) is 14.7. The smallest absolute Gasteiger partial charge is 0.264 e. The molecule has 25 heavy (non-hydrogen) atoms. The van der Waals surface area contributed by atoms with Crippen molar-refractivity contribution in [1.82, 2.24) is 9.97 Å². The molecule has 0 unspecified atom stereocenters. The van der Waals surface area contributed by atoms with Crippen LogP contribution in [0.3, 0.4) is 0 Å². The van der Waals surface area contributed by atoms with Crippen molar-refractivity contribution < 1.29 is 9.53 Å². The number of nitriles is 1. The average molecular weight is 350 g/mol. The molecule has 1 amide bonds. The number of nitrogens with zero attached hydrogens (tertiary/aromatic N) is 3. The van der Waals surface area contributed by atoms with E-state index in [4.69, 9.17) is 10.00 Å². The molecule has 1 aromatic carbocycles. The Morgan fingerprint density at radius 2 is 2.04 bits per heavy atom. The van der Waals surface area contributed by atoms with Gasteiger partial charge < -0.3 is 4.74 Å². The van der Waals surface area contributed by atoms with Crippen LogP contribution in [-0.4, -0.2) is 22.5 Å². The molecule has 7 heteroatoms. The minimum absolute atomic E-state index is 0.115. The van der Waals surface area contributed by atoms with Crippen LogP contribution in [0.4, 0.5) is 5.13 Å². The number of thiazole rings is 1. The van der Waals surface area contributed by atoms with Gasteiger partial charge in [-0.15, -0.1) is 11.3 Å². The zero-order chi connectivity index (χ0) is 17.5. The van der Waals surface area contributed by atoms with Gasteiger partial charge in [-0.1, -0.05) is 18.2 Å². The third kappa shape index (κ3) is 4.62. The molecule has 0 saturated carbocycles. The van der Waals surface area contributed by atoms with Crippen LogP contribution in [0.1, 0.15) is 5.56 Å². The Labute approximate surface area is 148 Å². The fraction of sp³-hybridized carbons (Fsp3) is 0.111. The van der Waals surface area contributed by atoms with E-state index in [1.807, 2.05) is 23.6 Å². The van der Waals surface area contributed by atoms with Crippen molar-refractivity contribution in [3.05, 3.63) is 59.6 Å². The highest BCUT2D eigenvalue weighted by Crippen LogP contribution is 2.23. The number of nitrogens with one attached hydrogen (secondary N) is 1. The summed E-state index contributed by atoms with van der Waals surface area (Å²) in [6.07, 6.45) is 2.05. The van der Waals surface area contributed by atoms with Crippen LogP contribution < -0.4 is 10.1 Å². The van der Waals surface area contributed by atoms with E-state index in [9.17, 15) is 4.79 Å². The summed E-state index contributed by atoms with van der Waals surface area (Å²) in [5.74, 6) is 0.285. The number of amides is 1. The lowest BCUT2D eigenvalue weighted by atomic mass is 10.2. The van der Waals surface area contributed by atoms with Crippen molar-refractivity contribution >= 4 is 22.4 Å². The van der Waals surface area contributed by atoms with Crippen LogP contribution in [0.5, 0.6) is 5.75 Å². The number of aromatic nitrogens is 2. The molecule has 0 saturated heterocycles. The van der Waals surface area contributed by atoms with Gasteiger partial charge in [-0.3, -0.25) is 15.1 Å². The minimum atomic E-state index is -0.289. The number of carbonyl (C=O) groups is 1. The Morgan fingerprint density at radius 1 is 1.20 bits per heavy atom. The normalized spacial score (nSPS) is 10.0. The fourth-order valence-corrected chi connectivity index (χ4v) is 2.78. The molecule has 0 atom stereocenters. The van der Waals surface area contributed by atoms with Gasteiger partial charge in [-0.05, 0) is 29.8 Å². The van der Waals surface area contributed by atoms with E-state index < -0.39 is 0 Å². The van der Waals surface area contributed by atoms with Crippen LogP contribution in [0.2, 0.25) is 0 Å². The molecule has 3 aromatic rings. The number of rotatable bonds is 6. The fourth-order valence-electron chi connectivity index (χ4n) is 2.06. The number of carbonyl (C=O) groups excluding carboxylic acids is 1. The van der Waals surface area contributed by atoms with Gasteiger partial charge in [0, 0.05) is 11.6 Å². The first-order valence-corrected chi connectivity index (χ1v) is 8.38. The highest BCUT2D eigenvalue weighted by atomic mass is 32.1. The highest BCUT2D eigenvalue weighted by Gasteiger charge is 2.09. The van der Waals surface area contributed by atoms with Gasteiger partial charge in [-0.2, -0.15) is 5.26 Å². The molecule has 0 fully saturated rings. The molecule has 0 aliphatic rings. The standard InChI is InChI=1S/C18H14N4O2S/c19-9-8-13-4-6-14(7-5-13)24-11-17(23)22-18-21-16(12-25-18)15-3-1-2-10-20-15/h1-7,10,12H,8,11H2,(H,21,22,23). The summed E-state index contributed by atoms with van der Waals surface area (Å²) in [5.41, 5.74) is 2.38. The molecule has 2 heterocycles. The molecule has 1 N–H and O–H groups in total. The van der Waals surface area contributed by atoms with Crippen LogP contribution in [0.25, 0.3) is 11.4 Å². The van der Waals surface area contributed by atoms with Crippen molar-refractivity contribution in [3.8, 4) is 23.2 Å². The summed E-state index contributed by atoms with van der Waals surface area (Å²) < 4.78 is 5.43. The minimum Gasteiger partial charge on any atom is -0.484 e. The Morgan fingerprint density at radius 3 is 2.76 bits per heavy atom. The maximum Gasteiger partial charge on any atom is 0.264 e. The molecule has 0 aliphatic heterocycles. The zero-order valence-electron chi connectivity index (χ0n) is 13.2. The molecule has 0 bridgehead atoms. The second-order valence-electron chi connectivity index (χ2n) is 5.07. The van der Waals surface area contributed by atoms with Crippen molar-refractivity contribution in [3.63, 3.8) is 0 Å². The van der Waals surface area contributed by atoms with E-state index in [-0.39, 0.29) is 12.5 Å². The van der Waals surface area contributed by atoms with E-state index in [1.54, 1.807) is 30.5 Å². The maximum absolute atomic E-state index is 12.0. The lowest BCUT2D eigenvalue weighted by molar-refractivity contribution is -0.118. The first kappa shape index (κ1) is 16.6. The van der Waals surface area contributed by atoms with Gasteiger partial charge in [0.25, 0.3) is 5.91 Å². The number of anilines is 1. The lowest BCUT2D eigenvalue weighted by Gasteiger charge is -2.06. The Bertz CT molecular complexity index is 885. The average Bonchev–Trinajstić information content (AvgIpc) is 3.11. The molecule has 0 aliphatic carbocycles. The number of hydrogen-bond acceptors (Lipinski definition) is 6. The van der Waals surface area contributed by atoms with Gasteiger partial charge in [0.05, 0.1) is 18.2 Å². The van der Waals surface area contributed by atoms with Gasteiger partial charge in [0.1, 0.15) is 11.4 Å². The second-order valence-corrected chi connectivity index (χ2v) is 5.93. The van der Waals surface area contributed by atoms with Crippen molar-refractivity contribution in [2.75, 3.05) is 11.9 Å². The molecule has 0 spiro atoms. The summed E-state index contributed by atoms with van der Waals surface area (Å²) in [7, 11) is 0. The molecular weight excluding hydrogens is 336 g/mol. The third-order valence-electron chi connectivity index (χ3n) is 3.25. The topological polar surface area (TPSA) is 87.9 Å². The zero-order valence-corrected chi connectivity index (χ0v) is 14.0. The molecule has 6 nitrogen and oxygen atoms in total. The SMILES string of the molecule is N#CCc1ccc(OCC(=O)Nc2nc(-c3ccccn3)cs2)cc1. The number of benzene rings is 1. The predicted octanol–water partition coefficient (Wildman–Crippen LogP) is 3.29. The monoisotopic (exact) mass is 350 g/mol. The van der Waals surface area contributed by atoms with E-state index in [0.29, 0.717) is 17.3 Å². The van der Waals surface area contributed by atoms with Crippen LogP contribution in [0, 0.1) is 11.3 Å². The molecule has 2 aromatic heterocycles. The summed E-state index contributed by atoms with van der Waals surface area (Å²) in [5, 5.41) is 13.7. The van der Waals surface area contributed by atoms with E-state index in [0.717, 1.165) is 17.0 Å². The first-order chi connectivity index (χ1) is 12.2. The second kappa shape index (κ2) is 8.04. The van der Waals surface area contributed by atoms with Gasteiger partial charge in [-0.25, -0.2) is 4.98 Å². The van der Waals surface area contributed by atoms with Gasteiger partial charge in [0.2, 0.25) is 0 Å². The highest BCUT2D eigenvalue weighted by molar-refractivity contribution is 7.14. The number of pyridine rings is 1. The third-order valence-corrected chi connectivity index (χ3v) is 4.01. The van der Waals surface area contributed by atoms with Crippen LogP contribution in [0.15, 0.2) is 54.0 Å². The lowest BCUT2D eigenvalue weighted by Crippen LogP contribution is -2.20. The maximum atomic E-state index is 12.0. The summed E-state index contributed by atoms with van der Waals surface area (Å²) in [6.45, 7) is -0.115. The van der Waals surface area contributed by atoms with Crippen LogP contribution >= 0.6 is 11.3 Å². The molecule has 0 radical (unpaired) electrons. The molecule has 124 valence electrons. The molecule has 3 rings (SSSR count). The van der Waals surface area contributed by atoms with Crippen molar-refractivity contribution in [2.24, 2.45) is 0 Å². The van der Waals surface area contributed by atoms with Gasteiger partial charge in [0.15, 0.2) is 11.7 Å². The van der Waals surface area contributed by atoms with Crippen molar-refractivity contribution in [2.45, 2.75) is 6.42 Å². The first-order valence-electron chi connectivity index (χ1n) is 7.50. The summed E-state index contributed by atoms with van der Waals surface area (Å²) >= 11 is 1.33. The predicted molar refractivity (Wildman–Crippen MR) is 95.2 cm³/mol. The van der Waals surface area contributed by atoms with Gasteiger partial charge >= 0.3 is 0 Å².